The van der Waals surface area contributed by atoms with Gasteiger partial charge in [0, 0.05) is 17.5 Å². The molecule has 2 N–H and O–H groups in total. The van der Waals surface area contributed by atoms with Crippen LogP contribution < -0.4 is 5.43 Å². The number of aromatic amines is 1. The van der Waals surface area contributed by atoms with Crippen molar-refractivity contribution < 1.29 is 5.11 Å². The zero-order valence-electron chi connectivity index (χ0n) is 7.83. The van der Waals surface area contributed by atoms with Gasteiger partial charge in [-0.1, -0.05) is 15.9 Å². The number of benzene rings is 1. The molecule has 0 radical (unpaired) electrons. The lowest BCUT2D eigenvalue weighted by Gasteiger charge is -2.00. The molecular formula is C10H9BrN2O2. The van der Waals surface area contributed by atoms with E-state index in [-0.39, 0.29) is 18.5 Å². The van der Waals surface area contributed by atoms with Crippen LogP contribution in [0.5, 0.6) is 0 Å². The third-order valence-corrected chi connectivity index (χ3v) is 2.64. The fourth-order valence-corrected chi connectivity index (χ4v) is 1.77. The Hall–Kier alpha value is -1.20. The van der Waals surface area contributed by atoms with Gasteiger partial charge in [-0.25, -0.2) is 0 Å². The molecule has 78 valence electrons. The van der Waals surface area contributed by atoms with E-state index in [1.807, 2.05) is 6.07 Å². The molecule has 0 unspecified atom stereocenters. The normalized spacial score (nSPS) is 10.8. The first-order chi connectivity index (χ1) is 7.22. The van der Waals surface area contributed by atoms with Crippen LogP contribution in [0.3, 0.4) is 0 Å². The van der Waals surface area contributed by atoms with Gasteiger partial charge in [-0.05, 0) is 18.2 Å². The first kappa shape index (κ1) is 10.3. The lowest BCUT2D eigenvalue weighted by molar-refractivity contribution is 0.297. The van der Waals surface area contributed by atoms with Crippen molar-refractivity contribution in [1.29, 1.82) is 0 Å². The van der Waals surface area contributed by atoms with Gasteiger partial charge in [0.25, 0.3) is 0 Å². The van der Waals surface area contributed by atoms with E-state index in [0.717, 1.165) is 4.47 Å². The van der Waals surface area contributed by atoms with Gasteiger partial charge in [0.2, 0.25) is 5.43 Å². The molecule has 15 heavy (non-hydrogen) atoms. The Bertz CT molecular complexity index is 551. The lowest BCUT2D eigenvalue weighted by Crippen LogP contribution is -2.14. The van der Waals surface area contributed by atoms with Crippen molar-refractivity contribution in [3.05, 3.63) is 38.6 Å². The Morgan fingerprint density at radius 1 is 1.47 bits per heavy atom. The maximum atomic E-state index is 11.9. The zero-order chi connectivity index (χ0) is 10.8. The molecular weight excluding hydrogens is 260 g/mol. The highest BCUT2D eigenvalue weighted by Gasteiger charge is 2.06. The summed E-state index contributed by atoms with van der Waals surface area (Å²) in [4.78, 5) is 11.9. The van der Waals surface area contributed by atoms with E-state index in [0.29, 0.717) is 16.6 Å². The molecule has 0 aliphatic rings. The minimum atomic E-state index is -0.126. The molecule has 0 fully saturated rings. The molecule has 0 atom stereocenters. The number of aliphatic hydroxyl groups is 1. The van der Waals surface area contributed by atoms with Crippen molar-refractivity contribution in [3.8, 4) is 0 Å². The number of hydrogen-bond acceptors (Lipinski definition) is 3. The van der Waals surface area contributed by atoms with Crippen LogP contribution in [0.4, 0.5) is 0 Å². The summed E-state index contributed by atoms with van der Waals surface area (Å²) >= 11 is 3.31. The number of hydrogen-bond donors (Lipinski definition) is 2. The van der Waals surface area contributed by atoms with Crippen LogP contribution in [0.15, 0.2) is 27.5 Å². The lowest BCUT2D eigenvalue weighted by atomic mass is 10.2. The van der Waals surface area contributed by atoms with Crippen molar-refractivity contribution in [2.75, 3.05) is 6.61 Å². The summed E-state index contributed by atoms with van der Waals surface area (Å²) in [7, 11) is 0. The Morgan fingerprint density at radius 3 is 3.00 bits per heavy atom. The highest BCUT2D eigenvalue weighted by Crippen LogP contribution is 2.14. The largest absolute Gasteiger partial charge is 0.396 e. The van der Waals surface area contributed by atoms with Crippen LogP contribution in [-0.2, 0) is 6.42 Å². The van der Waals surface area contributed by atoms with E-state index in [9.17, 15) is 4.79 Å². The van der Waals surface area contributed by atoms with E-state index < -0.39 is 0 Å². The summed E-state index contributed by atoms with van der Waals surface area (Å²) in [6.07, 6.45) is 0.276. The average molecular weight is 269 g/mol. The average Bonchev–Trinajstić information content (AvgIpc) is 2.23. The number of fused-ring (bicyclic) bond motifs is 1. The van der Waals surface area contributed by atoms with Crippen molar-refractivity contribution in [2.45, 2.75) is 6.42 Å². The molecule has 2 rings (SSSR count). The first-order valence-electron chi connectivity index (χ1n) is 4.50. The molecule has 1 aromatic carbocycles. The minimum absolute atomic E-state index is 0.0738. The van der Waals surface area contributed by atoms with Gasteiger partial charge in [-0.2, -0.15) is 5.10 Å². The molecule has 0 aliphatic carbocycles. The third-order valence-electron chi connectivity index (χ3n) is 2.15. The monoisotopic (exact) mass is 268 g/mol. The smallest absolute Gasteiger partial charge is 0.211 e. The van der Waals surface area contributed by atoms with Crippen LogP contribution in [-0.4, -0.2) is 21.9 Å². The second-order valence-electron chi connectivity index (χ2n) is 3.16. The predicted octanol–water partition coefficient (Wildman–Crippen LogP) is 1.22. The predicted molar refractivity (Wildman–Crippen MR) is 60.9 cm³/mol. The molecule has 0 bridgehead atoms. The van der Waals surface area contributed by atoms with Crippen LogP contribution in [0, 0.1) is 0 Å². The number of aliphatic hydroxyl groups excluding tert-OH is 1. The fourth-order valence-electron chi connectivity index (χ4n) is 1.41. The van der Waals surface area contributed by atoms with Gasteiger partial charge in [0.15, 0.2) is 0 Å². The highest BCUT2D eigenvalue weighted by atomic mass is 79.9. The van der Waals surface area contributed by atoms with Crippen LogP contribution in [0.1, 0.15) is 5.69 Å². The van der Waals surface area contributed by atoms with Crippen LogP contribution in [0.25, 0.3) is 10.9 Å². The Kier molecular flexibility index (Phi) is 2.83. The van der Waals surface area contributed by atoms with E-state index in [4.69, 9.17) is 5.11 Å². The molecule has 2 aromatic rings. The zero-order valence-corrected chi connectivity index (χ0v) is 9.41. The topological polar surface area (TPSA) is 66.0 Å². The number of nitrogens with zero attached hydrogens (tertiary/aromatic N) is 1. The van der Waals surface area contributed by atoms with Crippen molar-refractivity contribution in [2.24, 2.45) is 0 Å². The molecule has 4 nitrogen and oxygen atoms in total. The summed E-state index contributed by atoms with van der Waals surface area (Å²) in [6, 6.07) is 5.37. The molecule has 5 heteroatoms. The maximum Gasteiger partial charge on any atom is 0.211 e. The van der Waals surface area contributed by atoms with Crippen LogP contribution in [0.2, 0.25) is 0 Å². The Labute approximate surface area is 94.1 Å². The number of aromatic nitrogens is 2. The fraction of sp³-hybridized carbons (Fsp3) is 0.200. The van der Waals surface area contributed by atoms with E-state index in [2.05, 4.69) is 26.1 Å². The summed E-state index contributed by atoms with van der Waals surface area (Å²) in [5.41, 5.74) is 0.937. The van der Waals surface area contributed by atoms with Gasteiger partial charge >= 0.3 is 0 Å². The number of halogens is 1. The van der Waals surface area contributed by atoms with E-state index >= 15 is 0 Å². The summed E-state index contributed by atoms with van der Waals surface area (Å²) in [5.74, 6) is 0. The van der Waals surface area contributed by atoms with Gasteiger partial charge in [-0.3, -0.25) is 9.89 Å². The van der Waals surface area contributed by atoms with Crippen molar-refractivity contribution in [1.82, 2.24) is 10.2 Å². The second-order valence-corrected chi connectivity index (χ2v) is 4.08. The maximum absolute atomic E-state index is 11.9. The Morgan fingerprint density at radius 2 is 2.27 bits per heavy atom. The summed E-state index contributed by atoms with van der Waals surface area (Å²) in [5, 5.41) is 16.1. The van der Waals surface area contributed by atoms with Crippen molar-refractivity contribution in [3.63, 3.8) is 0 Å². The number of nitrogens with one attached hydrogen (secondary N) is 1. The third kappa shape index (κ3) is 1.93. The molecule has 1 heterocycles. The van der Waals surface area contributed by atoms with E-state index in [1.54, 1.807) is 12.1 Å². The highest BCUT2D eigenvalue weighted by molar-refractivity contribution is 9.10. The molecule has 0 saturated heterocycles. The summed E-state index contributed by atoms with van der Waals surface area (Å²) in [6.45, 7) is -0.0738. The standard InChI is InChI=1S/C10H9BrN2O2/c11-6-1-2-8-7(5-6)10(15)9(3-4-14)13-12-8/h1-2,5,14H,3-4H2,(H,12,15). The van der Waals surface area contributed by atoms with E-state index in [1.165, 1.54) is 0 Å². The SMILES string of the molecule is O=c1c(CCO)n[nH]c2ccc(Br)cc12. The first-order valence-corrected chi connectivity index (χ1v) is 5.29. The van der Waals surface area contributed by atoms with Gasteiger partial charge in [-0.15, -0.1) is 0 Å². The molecule has 0 aliphatic heterocycles. The second kappa shape index (κ2) is 4.12. The van der Waals surface area contributed by atoms with Gasteiger partial charge < -0.3 is 5.11 Å². The van der Waals surface area contributed by atoms with Crippen molar-refractivity contribution >= 4 is 26.8 Å². The molecule has 0 saturated carbocycles. The van der Waals surface area contributed by atoms with Gasteiger partial charge in [0.1, 0.15) is 5.69 Å². The quantitative estimate of drug-likeness (QED) is 0.861. The molecule has 0 spiro atoms. The summed E-state index contributed by atoms with van der Waals surface area (Å²) < 4.78 is 0.849. The van der Waals surface area contributed by atoms with Crippen LogP contribution >= 0.6 is 15.9 Å². The number of rotatable bonds is 2. The minimum Gasteiger partial charge on any atom is -0.396 e. The van der Waals surface area contributed by atoms with Gasteiger partial charge in [0.05, 0.1) is 10.9 Å². The number of H-pyrrole nitrogens is 1. The molecule has 0 amide bonds. The molecule has 1 aromatic heterocycles. The Balaban J connectivity index is 2.71.